The van der Waals surface area contributed by atoms with Crippen LogP contribution in [0.5, 0.6) is 0 Å². The minimum absolute atomic E-state index is 0.220. The van der Waals surface area contributed by atoms with Crippen LogP contribution in [0.2, 0.25) is 0 Å². The minimum atomic E-state index is -0.986. The number of carbonyl (C=O) groups is 1. The highest BCUT2D eigenvalue weighted by Crippen LogP contribution is 2.08. The van der Waals surface area contributed by atoms with Crippen LogP contribution in [0, 0.1) is 6.92 Å². The average molecular weight is 154 g/mol. The standard InChI is InChI=1S/C8H10O3/c1-5-3-4-7(11-5)8(10)6(2)9/h3-4,6,9H,1-2H3. The molecule has 1 aromatic rings. The molecule has 0 radical (unpaired) electrons. The number of hydrogen-bond acceptors (Lipinski definition) is 3. The van der Waals surface area contributed by atoms with E-state index in [9.17, 15) is 4.79 Å². The van der Waals surface area contributed by atoms with Crippen LogP contribution in [0.1, 0.15) is 23.2 Å². The lowest BCUT2D eigenvalue weighted by Crippen LogP contribution is -2.14. The molecule has 1 rings (SSSR count). The third kappa shape index (κ3) is 1.68. The van der Waals surface area contributed by atoms with Gasteiger partial charge in [0.1, 0.15) is 11.9 Å². The number of carbonyl (C=O) groups excluding carboxylic acids is 1. The van der Waals surface area contributed by atoms with Crippen molar-refractivity contribution in [3.63, 3.8) is 0 Å². The van der Waals surface area contributed by atoms with E-state index in [-0.39, 0.29) is 11.5 Å². The number of aliphatic hydroxyl groups excluding tert-OH is 1. The van der Waals surface area contributed by atoms with Gasteiger partial charge in [-0.3, -0.25) is 4.79 Å². The number of furan rings is 1. The van der Waals surface area contributed by atoms with E-state index >= 15 is 0 Å². The zero-order valence-corrected chi connectivity index (χ0v) is 6.50. The zero-order valence-electron chi connectivity index (χ0n) is 6.50. The Morgan fingerprint density at radius 3 is 2.64 bits per heavy atom. The van der Waals surface area contributed by atoms with Crippen LogP contribution in [0.25, 0.3) is 0 Å². The first-order valence-corrected chi connectivity index (χ1v) is 3.40. The second kappa shape index (κ2) is 2.88. The van der Waals surface area contributed by atoms with Gasteiger partial charge in [-0.2, -0.15) is 0 Å². The highest BCUT2D eigenvalue weighted by molar-refractivity contribution is 5.96. The molecule has 1 unspecified atom stereocenters. The van der Waals surface area contributed by atoms with Crippen LogP contribution < -0.4 is 0 Å². The smallest absolute Gasteiger partial charge is 0.226 e. The van der Waals surface area contributed by atoms with Gasteiger partial charge in [-0.1, -0.05) is 0 Å². The lowest BCUT2D eigenvalue weighted by Gasteiger charge is -1.97. The second-order valence-electron chi connectivity index (χ2n) is 2.45. The van der Waals surface area contributed by atoms with Crippen molar-refractivity contribution in [1.29, 1.82) is 0 Å². The van der Waals surface area contributed by atoms with Crippen molar-refractivity contribution in [2.24, 2.45) is 0 Å². The highest BCUT2D eigenvalue weighted by atomic mass is 16.4. The Bertz CT molecular complexity index is 260. The maximum absolute atomic E-state index is 11.0. The SMILES string of the molecule is Cc1ccc(C(=O)C(C)O)o1. The summed E-state index contributed by atoms with van der Waals surface area (Å²) < 4.78 is 5.00. The van der Waals surface area contributed by atoms with E-state index in [2.05, 4.69) is 0 Å². The Balaban J connectivity index is 2.85. The van der Waals surface area contributed by atoms with Gasteiger partial charge in [0, 0.05) is 0 Å². The van der Waals surface area contributed by atoms with Crippen molar-refractivity contribution in [2.45, 2.75) is 20.0 Å². The van der Waals surface area contributed by atoms with Crippen molar-refractivity contribution < 1.29 is 14.3 Å². The Hall–Kier alpha value is -1.09. The Kier molecular flexibility index (Phi) is 2.10. The second-order valence-corrected chi connectivity index (χ2v) is 2.45. The summed E-state index contributed by atoms with van der Waals surface area (Å²) in [7, 11) is 0. The minimum Gasteiger partial charge on any atom is -0.458 e. The molecule has 11 heavy (non-hydrogen) atoms. The lowest BCUT2D eigenvalue weighted by atomic mass is 10.2. The maximum Gasteiger partial charge on any atom is 0.226 e. The van der Waals surface area contributed by atoms with Crippen molar-refractivity contribution in [1.82, 2.24) is 0 Å². The Labute approximate surface area is 64.6 Å². The van der Waals surface area contributed by atoms with Crippen LogP contribution in [-0.4, -0.2) is 17.0 Å². The highest BCUT2D eigenvalue weighted by Gasteiger charge is 2.14. The van der Waals surface area contributed by atoms with Gasteiger partial charge in [0.05, 0.1) is 0 Å². The third-order valence-electron chi connectivity index (χ3n) is 1.36. The molecule has 0 aliphatic carbocycles. The molecule has 1 atom stereocenters. The molecular formula is C8H10O3. The third-order valence-corrected chi connectivity index (χ3v) is 1.36. The molecule has 0 aliphatic rings. The lowest BCUT2D eigenvalue weighted by molar-refractivity contribution is 0.0749. The largest absolute Gasteiger partial charge is 0.458 e. The normalized spacial score (nSPS) is 13.0. The quantitative estimate of drug-likeness (QED) is 0.650. The van der Waals surface area contributed by atoms with Crippen molar-refractivity contribution >= 4 is 5.78 Å². The van der Waals surface area contributed by atoms with E-state index in [1.165, 1.54) is 6.92 Å². The maximum atomic E-state index is 11.0. The predicted molar refractivity (Wildman–Crippen MR) is 39.5 cm³/mol. The molecule has 3 nitrogen and oxygen atoms in total. The van der Waals surface area contributed by atoms with Gasteiger partial charge in [0.2, 0.25) is 5.78 Å². The summed E-state index contributed by atoms with van der Waals surface area (Å²) in [5.74, 6) is 0.518. The van der Waals surface area contributed by atoms with Crippen LogP contribution in [0.4, 0.5) is 0 Å². The zero-order chi connectivity index (χ0) is 8.43. The molecule has 3 heteroatoms. The number of aliphatic hydroxyl groups is 1. The fourth-order valence-electron chi connectivity index (χ4n) is 0.773. The fourth-order valence-corrected chi connectivity index (χ4v) is 0.773. The predicted octanol–water partition coefficient (Wildman–Crippen LogP) is 1.15. The topological polar surface area (TPSA) is 50.4 Å². The summed E-state index contributed by atoms with van der Waals surface area (Å²) in [5, 5.41) is 8.87. The van der Waals surface area contributed by atoms with Crippen LogP contribution in [0.3, 0.4) is 0 Å². The van der Waals surface area contributed by atoms with Gasteiger partial charge in [0.15, 0.2) is 5.76 Å². The van der Waals surface area contributed by atoms with E-state index in [0.717, 1.165) is 0 Å². The van der Waals surface area contributed by atoms with Gasteiger partial charge >= 0.3 is 0 Å². The van der Waals surface area contributed by atoms with Crippen LogP contribution in [0.15, 0.2) is 16.5 Å². The van der Waals surface area contributed by atoms with Crippen molar-refractivity contribution in [3.05, 3.63) is 23.7 Å². The van der Waals surface area contributed by atoms with E-state index in [1.54, 1.807) is 19.1 Å². The summed E-state index contributed by atoms with van der Waals surface area (Å²) in [6.45, 7) is 3.17. The van der Waals surface area contributed by atoms with Gasteiger partial charge in [-0.05, 0) is 26.0 Å². The van der Waals surface area contributed by atoms with E-state index in [4.69, 9.17) is 9.52 Å². The first-order chi connectivity index (χ1) is 5.11. The van der Waals surface area contributed by atoms with Gasteiger partial charge in [0.25, 0.3) is 0 Å². The van der Waals surface area contributed by atoms with E-state index < -0.39 is 6.10 Å². The molecule has 0 aromatic carbocycles. The number of aryl methyl sites for hydroxylation is 1. The number of hydrogen-bond donors (Lipinski definition) is 1. The number of Topliss-reactive ketones (excluding diaryl/α,β-unsaturated/α-hetero) is 1. The molecule has 0 saturated heterocycles. The molecule has 0 bridgehead atoms. The van der Waals surface area contributed by atoms with Crippen molar-refractivity contribution in [2.75, 3.05) is 0 Å². The van der Waals surface area contributed by atoms with Gasteiger partial charge in [-0.15, -0.1) is 0 Å². The summed E-state index contributed by atoms with van der Waals surface area (Å²) in [6.07, 6.45) is -0.986. The fraction of sp³-hybridized carbons (Fsp3) is 0.375. The van der Waals surface area contributed by atoms with Gasteiger partial charge in [-0.25, -0.2) is 0 Å². The average Bonchev–Trinajstić information content (AvgIpc) is 2.34. The molecule has 1 heterocycles. The van der Waals surface area contributed by atoms with Crippen molar-refractivity contribution in [3.8, 4) is 0 Å². The van der Waals surface area contributed by atoms with Crippen LogP contribution >= 0.6 is 0 Å². The first-order valence-electron chi connectivity index (χ1n) is 3.40. The van der Waals surface area contributed by atoms with Crippen LogP contribution in [-0.2, 0) is 0 Å². The molecule has 1 N–H and O–H groups in total. The molecule has 1 aromatic heterocycles. The van der Waals surface area contributed by atoms with E-state index in [1.807, 2.05) is 0 Å². The number of rotatable bonds is 2. The molecule has 0 spiro atoms. The summed E-state index contributed by atoms with van der Waals surface area (Å²) in [5.41, 5.74) is 0. The molecular weight excluding hydrogens is 144 g/mol. The van der Waals surface area contributed by atoms with Gasteiger partial charge < -0.3 is 9.52 Å². The van der Waals surface area contributed by atoms with E-state index in [0.29, 0.717) is 5.76 Å². The Morgan fingerprint density at radius 1 is 1.64 bits per heavy atom. The first kappa shape index (κ1) is 8.01. The molecule has 0 amide bonds. The summed E-state index contributed by atoms with van der Waals surface area (Å²) in [6, 6.07) is 3.25. The molecule has 0 fully saturated rings. The monoisotopic (exact) mass is 154 g/mol. The molecule has 60 valence electrons. The summed E-state index contributed by atoms with van der Waals surface area (Å²) >= 11 is 0. The Morgan fingerprint density at radius 2 is 2.27 bits per heavy atom. The molecule has 0 saturated carbocycles. The summed E-state index contributed by atoms with van der Waals surface area (Å²) in [4.78, 5) is 11.0. The number of ketones is 1. The molecule has 0 aliphatic heterocycles.